The maximum atomic E-state index is 10.8. The molecule has 0 radical (unpaired) electrons. The summed E-state index contributed by atoms with van der Waals surface area (Å²) in [5.41, 5.74) is 0.249. The van der Waals surface area contributed by atoms with Gasteiger partial charge in [0.05, 0.1) is 0 Å². The van der Waals surface area contributed by atoms with Crippen molar-refractivity contribution in [2.45, 2.75) is 40.0 Å². The van der Waals surface area contributed by atoms with Crippen molar-refractivity contribution in [1.82, 2.24) is 0 Å². The van der Waals surface area contributed by atoms with E-state index < -0.39 is 0 Å². The Morgan fingerprint density at radius 1 is 1.45 bits per heavy atom. The molecule has 1 saturated carbocycles. The molecule has 0 heterocycles. The maximum Gasteiger partial charge on any atom is 0.123 e. The van der Waals surface area contributed by atoms with Crippen LogP contribution in [0.25, 0.3) is 0 Å². The van der Waals surface area contributed by atoms with Gasteiger partial charge in [0.1, 0.15) is 6.29 Å². The summed E-state index contributed by atoms with van der Waals surface area (Å²) in [5.74, 6) is 0.882. The first-order valence-corrected chi connectivity index (χ1v) is 4.53. The lowest BCUT2D eigenvalue weighted by atomic mass is 9.65. The van der Waals surface area contributed by atoms with E-state index in [1.165, 1.54) is 19.3 Å². The zero-order chi connectivity index (χ0) is 8.48. The third kappa shape index (κ3) is 1.63. The van der Waals surface area contributed by atoms with E-state index in [1.54, 1.807) is 0 Å². The predicted molar refractivity (Wildman–Crippen MR) is 46.4 cm³/mol. The van der Waals surface area contributed by atoms with Gasteiger partial charge in [-0.25, -0.2) is 0 Å². The average Bonchev–Trinajstić information content (AvgIpc) is 1.86. The van der Waals surface area contributed by atoms with Crippen molar-refractivity contribution in [2.24, 2.45) is 17.3 Å². The van der Waals surface area contributed by atoms with Crippen LogP contribution in [0.4, 0.5) is 0 Å². The lowest BCUT2D eigenvalue weighted by molar-refractivity contribution is -0.117. The first-order valence-electron chi connectivity index (χ1n) is 4.53. The van der Waals surface area contributed by atoms with Crippen molar-refractivity contribution < 1.29 is 4.79 Å². The summed E-state index contributed by atoms with van der Waals surface area (Å²) in [4.78, 5) is 10.8. The highest BCUT2D eigenvalue weighted by atomic mass is 16.1. The number of hydrogen-bond donors (Lipinski definition) is 0. The summed E-state index contributed by atoms with van der Waals surface area (Å²) in [7, 11) is 0. The minimum Gasteiger partial charge on any atom is -0.303 e. The number of rotatable bonds is 1. The van der Waals surface area contributed by atoms with Crippen LogP contribution in [0.2, 0.25) is 0 Å². The molecule has 1 heteroatoms. The Morgan fingerprint density at radius 2 is 2.09 bits per heavy atom. The fourth-order valence-electron chi connectivity index (χ4n) is 2.31. The normalized spacial score (nSPS) is 36.6. The van der Waals surface area contributed by atoms with Gasteiger partial charge >= 0.3 is 0 Å². The van der Waals surface area contributed by atoms with E-state index in [2.05, 4.69) is 20.8 Å². The van der Waals surface area contributed by atoms with Crippen LogP contribution < -0.4 is 0 Å². The Hall–Kier alpha value is -0.330. The van der Waals surface area contributed by atoms with E-state index in [1.807, 2.05) is 0 Å². The van der Waals surface area contributed by atoms with Gasteiger partial charge in [0.25, 0.3) is 0 Å². The Bertz CT molecular complexity index is 149. The maximum absolute atomic E-state index is 10.8. The molecule has 11 heavy (non-hydrogen) atoms. The summed E-state index contributed by atoms with van der Waals surface area (Å²) >= 11 is 0. The molecule has 0 saturated heterocycles. The van der Waals surface area contributed by atoms with E-state index in [9.17, 15) is 4.79 Å². The second kappa shape index (κ2) is 2.96. The molecule has 1 aliphatic rings. The molecule has 0 aromatic carbocycles. The molecule has 0 aliphatic heterocycles. The van der Waals surface area contributed by atoms with Crippen LogP contribution in [-0.2, 0) is 4.79 Å². The van der Waals surface area contributed by atoms with Crippen LogP contribution in [0.15, 0.2) is 0 Å². The molecule has 0 aromatic rings. The van der Waals surface area contributed by atoms with Crippen molar-refractivity contribution >= 4 is 6.29 Å². The van der Waals surface area contributed by atoms with Crippen molar-refractivity contribution in [3.05, 3.63) is 0 Å². The lowest BCUT2D eigenvalue weighted by Crippen LogP contribution is -2.34. The Labute approximate surface area is 69.2 Å². The van der Waals surface area contributed by atoms with E-state index in [0.29, 0.717) is 5.92 Å². The highest BCUT2D eigenvalue weighted by Gasteiger charge is 2.36. The van der Waals surface area contributed by atoms with E-state index in [0.717, 1.165) is 6.29 Å². The van der Waals surface area contributed by atoms with Gasteiger partial charge < -0.3 is 4.79 Å². The summed E-state index contributed by atoms with van der Waals surface area (Å²) in [6.07, 6.45) is 4.88. The van der Waals surface area contributed by atoms with E-state index in [-0.39, 0.29) is 11.3 Å². The number of hydrogen-bond acceptors (Lipinski definition) is 1. The minimum atomic E-state index is 0.249. The standard InChI is InChI=1S/C10H18O/c1-8-5-4-6-10(2,3)9(8)7-11/h7-9H,4-6H2,1-3H3/t8-,9?/m1/s1. The second-order valence-electron chi connectivity index (χ2n) is 4.52. The fraction of sp³-hybridized carbons (Fsp3) is 0.900. The van der Waals surface area contributed by atoms with Crippen LogP contribution in [0.1, 0.15) is 40.0 Å². The molecule has 1 rings (SSSR count). The minimum absolute atomic E-state index is 0.249. The number of carbonyl (C=O) groups excluding carboxylic acids is 1. The molecule has 64 valence electrons. The van der Waals surface area contributed by atoms with Gasteiger partial charge in [0.2, 0.25) is 0 Å². The molecular formula is C10H18O. The van der Waals surface area contributed by atoms with Gasteiger partial charge in [0, 0.05) is 5.92 Å². The third-order valence-corrected chi connectivity index (χ3v) is 3.14. The van der Waals surface area contributed by atoms with Gasteiger partial charge in [-0.05, 0) is 24.2 Å². The van der Waals surface area contributed by atoms with Gasteiger partial charge in [-0.2, -0.15) is 0 Å². The first kappa shape index (κ1) is 8.76. The zero-order valence-corrected chi connectivity index (χ0v) is 7.76. The van der Waals surface area contributed by atoms with Crippen LogP contribution >= 0.6 is 0 Å². The fourth-order valence-corrected chi connectivity index (χ4v) is 2.31. The Morgan fingerprint density at radius 3 is 2.45 bits per heavy atom. The molecular weight excluding hydrogens is 136 g/mol. The smallest absolute Gasteiger partial charge is 0.123 e. The molecule has 0 amide bonds. The predicted octanol–water partition coefficient (Wildman–Crippen LogP) is 2.65. The number of carbonyl (C=O) groups is 1. The van der Waals surface area contributed by atoms with Crippen LogP contribution in [0.5, 0.6) is 0 Å². The highest BCUT2D eigenvalue weighted by molar-refractivity contribution is 5.55. The van der Waals surface area contributed by atoms with Crippen LogP contribution in [-0.4, -0.2) is 6.29 Å². The van der Waals surface area contributed by atoms with Gasteiger partial charge in [-0.15, -0.1) is 0 Å². The van der Waals surface area contributed by atoms with Gasteiger partial charge in [-0.1, -0.05) is 27.2 Å². The van der Waals surface area contributed by atoms with Gasteiger partial charge in [0.15, 0.2) is 0 Å². The van der Waals surface area contributed by atoms with Crippen molar-refractivity contribution in [2.75, 3.05) is 0 Å². The van der Waals surface area contributed by atoms with Crippen LogP contribution in [0.3, 0.4) is 0 Å². The van der Waals surface area contributed by atoms with Crippen LogP contribution in [0, 0.1) is 17.3 Å². The van der Waals surface area contributed by atoms with Crippen molar-refractivity contribution in [3.8, 4) is 0 Å². The topological polar surface area (TPSA) is 17.1 Å². The molecule has 2 atom stereocenters. The summed E-state index contributed by atoms with van der Waals surface area (Å²) in [6, 6.07) is 0. The molecule has 0 aromatic heterocycles. The summed E-state index contributed by atoms with van der Waals surface area (Å²) in [5, 5.41) is 0. The molecule has 1 aliphatic carbocycles. The summed E-state index contributed by atoms with van der Waals surface area (Å²) < 4.78 is 0. The lowest BCUT2D eigenvalue weighted by Gasteiger charge is -2.39. The average molecular weight is 154 g/mol. The second-order valence-corrected chi connectivity index (χ2v) is 4.52. The zero-order valence-electron chi connectivity index (χ0n) is 7.76. The monoisotopic (exact) mass is 154 g/mol. The Balaban J connectivity index is 2.72. The largest absolute Gasteiger partial charge is 0.303 e. The quantitative estimate of drug-likeness (QED) is 0.531. The molecule has 0 bridgehead atoms. The molecule has 0 spiro atoms. The van der Waals surface area contributed by atoms with Crippen molar-refractivity contribution in [1.29, 1.82) is 0 Å². The summed E-state index contributed by atoms with van der Waals surface area (Å²) in [6.45, 7) is 6.61. The van der Waals surface area contributed by atoms with E-state index in [4.69, 9.17) is 0 Å². The van der Waals surface area contributed by atoms with E-state index >= 15 is 0 Å². The number of aldehydes is 1. The SMILES string of the molecule is C[C@@H]1CCCC(C)(C)C1C=O. The Kier molecular flexibility index (Phi) is 2.36. The highest BCUT2D eigenvalue weighted by Crippen LogP contribution is 2.42. The first-order chi connectivity index (χ1) is 5.08. The molecule has 1 nitrogen and oxygen atoms in total. The van der Waals surface area contributed by atoms with Crippen molar-refractivity contribution in [3.63, 3.8) is 0 Å². The molecule has 1 fully saturated rings. The molecule has 0 N–H and O–H groups in total. The third-order valence-electron chi connectivity index (χ3n) is 3.14. The molecule has 1 unspecified atom stereocenters. The van der Waals surface area contributed by atoms with Gasteiger partial charge in [-0.3, -0.25) is 0 Å².